The number of fused-ring (bicyclic) bond motifs is 2. The summed E-state index contributed by atoms with van der Waals surface area (Å²) >= 11 is 14.0. The Labute approximate surface area is 153 Å². The molecule has 0 radical (unpaired) electrons. The second kappa shape index (κ2) is 6.48. The molecule has 0 bridgehead atoms. The van der Waals surface area contributed by atoms with E-state index in [2.05, 4.69) is 9.88 Å². The first-order chi connectivity index (χ1) is 11.6. The van der Waals surface area contributed by atoms with Crippen molar-refractivity contribution >= 4 is 44.8 Å². The maximum atomic E-state index is 12.6. The second-order valence-corrected chi connectivity index (χ2v) is 7.58. The molecule has 1 aromatic carbocycles. The van der Waals surface area contributed by atoms with E-state index in [0.29, 0.717) is 23.1 Å². The molecule has 0 fully saturated rings. The van der Waals surface area contributed by atoms with Gasteiger partial charge in [-0.2, -0.15) is 0 Å². The van der Waals surface area contributed by atoms with E-state index in [1.807, 2.05) is 34.2 Å². The summed E-state index contributed by atoms with van der Waals surface area (Å²) in [4.78, 5) is 19.6. The summed E-state index contributed by atoms with van der Waals surface area (Å²) in [5.41, 5.74) is 1.81. The zero-order chi connectivity index (χ0) is 16.7. The Morgan fingerprint density at radius 1 is 1.12 bits per heavy atom. The number of hydrogen-bond donors (Lipinski definition) is 0. The van der Waals surface area contributed by atoms with Crippen LogP contribution in [0.5, 0.6) is 0 Å². The second-order valence-electron chi connectivity index (χ2n) is 5.85. The average Bonchev–Trinajstić information content (AvgIpc) is 2.93. The molecule has 0 unspecified atom stereocenters. The van der Waals surface area contributed by atoms with Crippen molar-refractivity contribution in [1.82, 2.24) is 14.5 Å². The highest BCUT2D eigenvalue weighted by Gasteiger charge is 2.19. The summed E-state index contributed by atoms with van der Waals surface area (Å²) in [5.74, 6) is 0.860. The van der Waals surface area contributed by atoms with Crippen molar-refractivity contribution in [2.75, 3.05) is 13.1 Å². The van der Waals surface area contributed by atoms with Gasteiger partial charge in [0.25, 0.3) is 5.56 Å². The first-order valence-electron chi connectivity index (χ1n) is 7.75. The zero-order valence-corrected chi connectivity index (χ0v) is 15.2. The fourth-order valence-corrected chi connectivity index (χ4v) is 4.38. The lowest BCUT2D eigenvalue weighted by atomic mass is 10.2. The SMILES string of the molecule is O=c1c2sccc2nc2n1CCN(Cc1c(Cl)cccc1Cl)CC2. The molecule has 0 aliphatic carbocycles. The van der Waals surface area contributed by atoms with Crippen molar-refractivity contribution in [3.05, 3.63) is 61.4 Å². The first-order valence-corrected chi connectivity index (χ1v) is 9.39. The molecule has 0 spiro atoms. The van der Waals surface area contributed by atoms with Crippen molar-refractivity contribution in [2.24, 2.45) is 0 Å². The van der Waals surface area contributed by atoms with Gasteiger partial charge in [-0.05, 0) is 23.6 Å². The van der Waals surface area contributed by atoms with Gasteiger partial charge in [0.15, 0.2) is 0 Å². The van der Waals surface area contributed by atoms with E-state index in [1.54, 1.807) is 0 Å². The molecule has 0 atom stereocenters. The molecule has 0 N–H and O–H groups in total. The summed E-state index contributed by atoms with van der Waals surface area (Å²) in [6, 6.07) is 7.47. The van der Waals surface area contributed by atoms with Gasteiger partial charge in [0.05, 0.1) is 5.52 Å². The quantitative estimate of drug-likeness (QED) is 0.678. The Balaban J connectivity index is 1.61. The van der Waals surface area contributed by atoms with Gasteiger partial charge in [0.2, 0.25) is 0 Å². The minimum absolute atomic E-state index is 0.0719. The Kier molecular flexibility index (Phi) is 4.35. The molecular weight excluding hydrogens is 365 g/mol. The number of aromatic nitrogens is 2. The van der Waals surface area contributed by atoms with Crippen LogP contribution in [0, 0.1) is 0 Å². The van der Waals surface area contributed by atoms with Gasteiger partial charge in [0.1, 0.15) is 10.5 Å². The van der Waals surface area contributed by atoms with E-state index in [9.17, 15) is 4.79 Å². The van der Waals surface area contributed by atoms with Crippen LogP contribution < -0.4 is 5.56 Å². The van der Waals surface area contributed by atoms with Crippen LogP contribution in [0.2, 0.25) is 10.0 Å². The molecule has 0 saturated heterocycles. The van der Waals surface area contributed by atoms with Crippen molar-refractivity contribution in [3.8, 4) is 0 Å². The number of hydrogen-bond acceptors (Lipinski definition) is 4. The minimum Gasteiger partial charge on any atom is -0.297 e. The van der Waals surface area contributed by atoms with Crippen molar-refractivity contribution in [3.63, 3.8) is 0 Å². The van der Waals surface area contributed by atoms with Gasteiger partial charge in [-0.15, -0.1) is 11.3 Å². The molecule has 3 heterocycles. The molecule has 3 aromatic rings. The van der Waals surface area contributed by atoms with Crippen molar-refractivity contribution in [1.29, 1.82) is 0 Å². The molecule has 7 heteroatoms. The summed E-state index contributed by atoms with van der Waals surface area (Å²) in [5, 5.41) is 3.28. The molecule has 1 aliphatic rings. The van der Waals surface area contributed by atoms with E-state index < -0.39 is 0 Å². The van der Waals surface area contributed by atoms with Gasteiger partial charge in [-0.1, -0.05) is 29.3 Å². The van der Waals surface area contributed by atoms with Crippen LogP contribution in [-0.4, -0.2) is 27.5 Å². The van der Waals surface area contributed by atoms with E-state index in [-0.39, 0.29) is 5.56 Å². The Morgan fingerprint density at radius 2 is 1.92 bits per heavy atom. The van der Waals surface area contributed by atoms with Crippen molar-refractivity contribution in [2.45, 2.75) is 19.5 Å². The minimum atomic E-state index is 0.0719. The fourth-order valence-electron chi connectivity index (χ4n) is 3.09. The first kappa shape index (κ1) is 16.1. The third-order valence-electron chi connectivity index (χ3n) is 4.38. The summed E-state index contributed by atoms with van der Waals surface area (Å²) in [7, 11) is 0. The summed E-state index contributed by atoms with van der Waals surface area (Å²) in [6.07, 6.45) is 0.739. The highest BCUT2D eigenvalue weighted by molar-refractivity contribution is 7.17. The molecule has 4 nitrogen and oxygen atoms in total. The van der Waals surface area contributed by atoms with Gasteiger partial charge >= 0.3 is 0 Å². The average molecular weight is 380 g/mol. The van der Waals surface area contributed by atoms with Crippen LogP contribution in [0.1, 0.15) is 11.4 Å². The highest BCUT2D eigenvalue weighted by atomic mass is 35.5. The maximum Gasteiger partial charge on any atom is 0.271 e. The lowest BCUT2D eigenvalue weighted by Crippen LogP contribution is -2.28. The van der Waals surface area contributed by atoms with E-state index in [4.69, 9.17) is 23.2 Å². The Hall–Kier alpha value is -1.40. The molecule has 1 aliphatic heterocycles. The lowest BCUT2D eigenvalue weighted by molar-refractivity contribution is 0.271. The summed E-state index contributed by atoms with van der Waals surface area (Å²) < 4.78 is 2.55. The van der Waals surface area contributed by atoms with Gasteiger partial charge in [-0.25, -0.2) is 4.98 Å². The van der Waals surface area contributed by atoms with E-state index >= 15 is 0 Å². The monoisotopic (exact) mass is 379 g/mol. The van der Waals surface area contributed by atoms with E-state index in [1.165, 1.54) is 11.3 Å². The standard InChI is InChI=1S/C17H15Cl2N3OS/c18-12-2-1-3-13(19)11(12)10-21-6-4-15-20-14-5-9-24-16(14)17(23)22(15)8-7-21/h1-3,5,9H,4,6-8,10H2. The van der Waals surface area contributed by atoms with E-state index in [0.717, 1.165) is 41.1 Å². The largest absolute Gasteiger partial charge is 0.297 e. The number of halogens is 2. The third kappa shape index (κ3) is 2.86. The van der Waals surface area contributed by atoms with Crippen LogP contribution in [0.3, 0.4) is 0 Å². The lowest BCUT2D eigenvalue weighted by Gasteiger charge is -2.20. The van der Waals surface area contributed by atoms with Crippen LogP contribution in [0.15, 0.2) is 34.4 Å². The Morgan fingerprint density at radius 3 is 2.71 bits per heavy atom. The number of nitrogens with zero attached hydrogens (tertiary/aromatic N) is 3. The molecule has 124 valence electrons. The predicted octanol–water partition coefficient (Wildman–Crippen LogP) is 3.82. The van der Waals surface area contributed by atoms with Crippen LogP contribution >= 0.6 is 34.5 Å². The van der Waals surface area contributed by atoms with Gasteiger partial charge in [0, 0.05) is 48.2 Å². The smallest absolute Gasteiger partial charge is 0.271 e. The molecule has 0 amide bonds. The topological polar surface area (TPSA) is 38.1 Å². The van der Waals surface area contributed by atoms with Crippen LogP contribution in [0.25, 0.3) is 10.2 Å². The third-order valence-corrected chi connectivity index (χ3v) is 5.98. The maximum absolute atomic E-state index is 12.6. The molecule has 0 saturated carbocycles. The molecule has 2 aromatic heterocycles. The normalized spacial score (nSPS) is 15.4. The summed E-state index contributed by atoms with van der Waals surface area (Å²) in [6.45, 7) is 2.91. The number of rotatable bonds is 2. The van der Waals surface area contributed by atoms with Crippen LogP contribution in [0.4, 0.5) is 0 Å². The number of thiophene rings is 1. The van der Waals surface area contributed by atoms with Crippen molar-refractivity contribution < 1.29 is 0 Å². The molecule has 4 rings (SSSR count). The fraction of sp³-hybridized carbons (Fsp3) is 0.294. The zero-order valence-electron chi connectivity index (χ0n) is 12.8. The predicted molar refractivity (Wildman–Crippen MR) is 99.3 cm³/mol. The van der Waals surface area contributed by atoms with Gasteiger partial charge < -0.3 is 0 Å². The van der Waals surface area contributed by atoms with Gasteiger partial charge in [-0.3, -0.25) is 14.3 Å². The molecule has 24 heavy (non-hydrogen) atoms. The Bertz CT molecular complexity index is 946. The number of benzene rings is 1. The van der Waals surface area contributed by atoms with Crippen LogP contribution in [-0.2, 0) is 19.5 Å². The highest BCUT2D eigenvalue weighted by Crippen LogP contribution is 2.26. The molecular formula is C17H15Cl2N3OS.